The Kier molecular flexibility index (Phi) is 7.89. The van der Waals surface area contributed by atoms with Crippen LogP contribution in [0, 0.1) is 0 Å². The molecule has 0 radical (unpaired) electrons. The maximum atomic E-state index is 13.0. The van der Waals surface area contributed by atoms with Crippen LogP contribution in [0.15, 0.2) is 42.5 Å². The summed E-state index contributed by atoms with van der Waals surface area (Å²) >= 11 is 0. The van der Waals surface area contributed by atoms with Crippen molar-refractivity contribution >= 4 is 23.2 Å². The molecule has 2 N–H and O–H groups in total. The highest BCUT2D eigenvalue weighted by Gasteiger charge is 2.20. The van der Waals surface area contributed by atoms with Crippen LogP contribution in [0.2, 0.25) is 0 Å². The molecule has 1 aliphatic heterocycles. The topological polar surface area (TPSA) is 73.9 Å². The van der Waals surface area contributed by atoms with E-state index in [1.54, 1.807) is 37.4 Å². The highest BCUT2D eigenvalue weighted by molar-refractivity contribution is 6.06. The molecule has 3 rings (SSSR count). The van der Waals surface area contributed by atoms with Crippen molar-refractivity contribution in [1.82, 2.24) is 10.2 Å². The van der Waals surface area contributed by atoms with E-state index in [1.165, 1.54) is 0 Å². The molecule has 0 unspecified atom stereocenters. The molecule has 1 fully saturated rings. The highest BCUT2D eigenvalue weighted by Crippen LogP contribution is 2.28. The Hall–Kier alpha value is -3.06. The number of hydrogen-bond donors (Lipinski definition) is 2. The second kappa shape index (κ2) is 10.8. The summed E-state index contributed by atoms with van der Waals surface area (Å²) in [5.74, 6) is 0.356. The number of anilines is 2. The van der Waals surface area contributed by atoms with Crippen LogP contribution >= 0.6 is 0 Å². The fraction of sp³-hybridized carbons (Fsp3) is 0.417. The van der Waals surface area contributed by atoms with Gasteiger partial charge in [0.1, 0.15) is 5.75 Å². The highest BCUT2D eigenvalue weighted by atomic mass is 16.5. The van der Waals surface area contributed by atoms with Crippen LogP contribution in [0.4, 0.5) is 11.4 Å². The molecule has 1 heterocycles. The van der Waals surface area contributed by atoms with Gasteiger partial charge in [-0.3, -0.25) is 9.59 Å². The van der Waals surface area contributed by atoms with E-state index in [0.29, 0.717) is 29.1 Å². The van der Waals surface area contributed by atoms with E-state index in [9.17, 15) is 9.59 Å². The Morgan fingerprint density at radius 3 is 2.39 bits per heavy atom. The molecule has 1 saturated heterocycles. The van der Waals surface area contributed by atoms with Crippen molar-refractivity contribution in [2.24, 2.45) is 0 Å². The monoisotopic (exact) mass is 424 g/mol. The molecule has 166 valence electrons. The number of nitrogens with zero attached hydrogens (tertiary/aromatic N) is 2. The Morgan fingerprint density at radius 2 is 1.74 bits per heavy atom. The maximum absolute atomic E-state index is 13.0. The lowest BCUT2D eigenvalue weighted by molar-refractivity contribution is 0.0951. The largest absolute Gasteiger partial charge is 0.497 e. The van der Waals surface area contributed by atoms with Crippen LogP contribution in [-0.4, -0.2) is 64.1 Å². The van der Waals surface area contributed by atoms with E-state index in [0.717, 1.165) is 44.6 Å². The van der Waals surface area contributed by atoms with Crippen LogP contribution in [0.3, 0.4) is 0 Å². The van der Waals surface area contributed by atoms with E-state index >= 15 is 0 Å². The number of amides is 2. The van der Waals surface area contributed by atoms with Gasteiger partial charge in [-0.25, -0.2) is 0 Å². The summed E-state index contributed by atoms with van der Waals surface area (Å²) in [7, 11) is 5.62. The van der Waals surface area contributed by atoms with E-state index in [2.05, 4.69) is 20.4 Å². The molecule has 2 aromatic rings. The van der Waals surface area contributed by atoms with Crippen LogP contribution in [-0.2, 0) is 0 Å². The molecule has 7 heteroatoms. The fourth-order valence-corrected chi connectivity index (χ4v) is 3.67. The predicted octanol–water partition coefficient (Wildman–Crippen LogP) is 3.23. The Balaban J connectivity index is 1.75. The van der Waals surface area contributed by atoms with Gasteiger partial charge in [-0.05, 0) is 82.4 Å². The quantitative estimate of drug-likeness (QED) is 0.605. The van der Waals surface area contributed by atoms with Gasteiger partial charge in [0.25, 0.3) is 11.8 Å². The van der Waals surface area contributed by atoms with Gasteiger partial charge in [-0.2, -0.15) is 0 Å². The van der Waals surface area contributed by atoms with Gasteiger partial charge in [0.05, 0.1) is 12.7 Å². The lowest BCUT2D eigenvalue weighted by Crippen LogP contribution is -2.29. The van der Waals surface area contributed by atoms with Gasteiger partial charge in [0.2, 0.25) is 0 Å². The van der Waals surface area contributed by atoms with Gasteiger partial charge in [-0.15, -0.1) is 0 Å². The minimum Gasteiger partial charge on any atom is -0.497 e. The number of nitrogens with one attached hydrogen (secondary N) is 2. The Bertz CT molecular complexity index is 890. The van der Waals surface area contributed by atoms with Gasteiger partial charge in [0.15, 0.2) is 0 Å². The summed E-state index contributed by atoms with van der Waals surface area (Å²) in [6.45, 7) is 3.41. The molecule has 0 spiro atoms. The molecular formula is C24H32N4O3. The molecule has 7 nitrogen and oxygen atoms in total. The Morgan fingerprint density at radius 1 is 1.03 bits per heavy atom. The van der Waals surface area contributed by atoms with Crippen molar-refractivity contribution in [2.45, 2.75) is 19.3 Å². The summed E-state index contributed by atoms with van der Waals surface area (Å²) in [6.07, 6.45) is 3.13. The molecule has 31 heavy (non-hydrogen) atoms. The first-order valence-corrected chi connectivity index (χ1v) is 10.8. The van der Waals surface area contributed by atoms with Crippen molar-refractivity contribution in [3.63, 3.8) is 0 Å². The number of carbonyl (C=O) groups is 2. The average Bonchev–Trinajstić information content (AvgIpc) is 3.31. The number of rotatable bonds is 9. The fourth-order valence-electron chi connectivity index (χ4n) is 3.67. The number of ether oxygens (including phenoxy) is 1. The van der Waals surface area contributed by atoms with E-state index in [1.807, 2.05) is 26.2 Å². The third-order valence-electron chi connectivity index (χ3n) is 5.37. The second-order valence-corrected chi connectivity index (χ2v) is 8.02. The van der Waals surface area contributed by atoms with Gasteiger partial charge < -0.3 is 25.2 Å². The summed E-state index contributed by atoms with van der Waals surface area (Å²) < 4.78 is 5.14. The third kappa shape index (κ3) is 6.21. The first-order chi connectivity index (χ1) is 15.0. The second-order valence-electron chi connectivity index (χ2n) is 8.02. The lowest BCUT2D eigenvalue weighted by atomic mass is 10.1. The van der Waals surface area contributed by atoms with Gasteiger partial charge in [0, 0.05) is 36.6 Å². The zero-order valence-electron chi connectivity index (χ0n) is 18.6. The average molecular weight is 425 g/mol. The molecule has 0 aromatic heterocycles. The molecule has 0 bridgehead atoms. The van der Waals surface area contributed by atoms with Crippen molar-refractivity contribution in [3.8, 4) is 5.75 Å². The first-order valence-electron chi connectivity index (χ1n) is 10.8. The van der Waals surface area contributed by atoms with Gasteiger partial charge >= 0.3 is 0 Å². The standard InChI is InChI=1S/C24H32N4O3/c1-27(2)14-6-13-25-24(30)21-17-19(9-12-22(21)28-15-4-5-16-28)26-23(29)18-7-10-20(31-3)11-8-18/h7-12,17H,4-6,13-16H2,1-3H3,(H,25,30)(H,26,29). The molecule has 2 amide bonds. The van der Waals surface area contributed by atoms with Crippen molar-refractivity contribution in [3.05, 3.63) is 53.6 Å². The van der Waals surface area contributed by atoms with E-state index in [4.69, 9.17) is 4.74 Å². The summed E-state index contributed by atoms with van der Waals surface area (Å²) in [5.41, 5.74) is 2.64. The molecule has 0 saturated carbocycles. The molecule has 0 atom stereocenters. The van der Waals surface area contributed by atoms with Crippen molar-refractivity contribution < 1.29 is 14.3 Å². The summed E-state index contributed by atoms with van der Waals surface area (Å²) in [5, 5.41) is 5.93. The Labute approximate surface area is 184 Å². The number of benzene rings is 2. The zero-order valence-corrected chi connectivity index (χ0v) is 18.6. The molecular weight excluding hydrogens is 392 g/mol. The molecule has 1 aliphatic rings. The van der Waals surface area contributed by atoms with Crippen molar-refractivity contribution in [1.29, 1.82) is 0 Å². The SMILES string of the molecule is COc1ccc(C(=O)Nc2ccc(N3CCCC3)c(C(=O)NCCCN(C)C)c2)cc1. The lowest BCUT2D eigenvalue weighted by Gasteiger charge is -2.22. The normalized spacial score (nSPS) is 13.4. The number of carbonyl (C=O) groups excluding carboxylic acids is 2. The summed E-state index contributed by atoms with van der Waals surface area (Å²) in [4.78, 5) is 29.9. The van der Waals surface area contributed by atoms with E-state index in [-0.39, 0.29) is 11.8 Å². The van der Waals surface area contributed by atoms with Crippen molar-refractivity contribution in [2.75, 3.05) is 57.6 Å². The predicted molar refractivity (Wildman–Crippen MR) is 124 cm³/mol. The third-order valence-corrected chi connectivity index (χ3v) is 5.37. The van der Waals surface area contributed by atoms with Crippen LogP contribution < -0.4 is 20.3 Å². The zero-order chi connectivity index (χ0) is 22.2. The number of hydrogen-bond acceptors (Lipinski definition) is 5. The van der Waals surface area contributed by atoms with Crippen LogP contribution in [0.25, 0.3) is 0 Å². The molecule has 0 aliphatic carbocycles. The minimum absolute atomic E-state index is 0.110. The van der Waals surface area contributed by atoms with Crippen LogP contribution in [0.5, 0.6) is 5.75 Å². The first kappa shape index (κ1) is 22.6. The van der Waals surface area contributed by atoms with Crippen LogP contribution in [0.1, 0.15) is 40.0 Å². The van der Waals surface area contributed by atoms with E-state index < -0.39 is 0 Å². The molecule has 2 aromatic carbocycles. The minimum atomic E-state index is -0.228. The number of methoxy groups -OCH3 is 1. The smallest absolute Gasteiger partial charge is 0.255 e. The maximum Gasteiger partial charge on any atom is 0.255 e. The van der Waals surface area contributed by atoms with Gasteiger partial charge in [-0.1, -0.05) is 0 Å². The summed E-state index contributed by atoms with van der Waals surface area (Å²) in [6, 6.07) is 12.5.